The van der Waals surface area contributed by atoms with Crippen LogP contribution >= 0.6 is 38.5 Å². The van der Waals surface area contributed by atoms with Crippen molar-refractivity contribution in [1.82, 2.24) is 20.2 Å². The van der Waals surface area contributed by atoms with Gasteiger partial charge in [0.05, 0.1) is 7.05 Å². The van der Waals surface area contributed by atoms with Crippen LogP contribution in [-0.4, -0.2) is 20.2 Å². The second kappa shape index (κ2) is 5.40. The van der Waals surface area contributed by atoms with Gasteiger partial charge in [-0.3, -0.25) is 0 Å². The normalized spacial score (nSPS) is 12.7. The molecule has 0 saturated carbocycles. The summed E-state index contributed by atoms with van der Waals surface area (Å²) in [5, 5.41) is 11.9. The number of halogens is 2. The fourth-order valence-corrected chi connectivity index (χ4v) is 2.62. The Bertz CT molecular complexity index is 527. The highest BCUT2D eigenvalue weighted by Gasteiger charge is 2.13. The first-order chi connectivity index (χ1) is 8.06. The van der Waals surface area contributed by atoms with Crippen molar-refractivity contribution in [3.8, 4) is 0 Å². The van der Waals surface area contributed by atoms with Crippen molar-refractivity contribution in [1.29, 1.82) is 0 Å². The van der Waals surface area contributed by atoms with Gasteiger partial charge in [-0.15, -0.1) is 10.2 Å². The van der Waals surface area contributed by atoms with Crippen molar-refractivity contribution >= 4 is 38.5 Å². The maximum atomic E-state index is 6.16. The SMILES string of the molecule is Cn1nnc(CC(N)c2cc(Br)ccc2I)n1. The first kappa shape index (κ1) is 12.9. The number of hydrogen-bond donors (Lipinski definition) is 1. The standard InChI is InChI=1S/C10H11BrIN5/c1-17-15-10(14-16-17)5-9(13)7-4-6(11)2-3-8(7)12/h2-4,9H,5,13H2,1H3. The van der Waals surface area contributed by atoms with E-state index in [1.54, 1.807) is 7.05 Å². The Morgan fingerprint density at radius 3 is 2.94 bits per heavy atom. The van der Waals surface area contributed by atoms with Crippen LogP contribution in [0.4, 0.5) is 0 Å². The molecule has 0 spiro atoms. The van der Waals surface area contributed by atoms with E-state index >= 15 is 0 Å². The lowest BCUT2D eigenvalue weighted by Crippen LogP contribution is -2.15. The van der Waals surface area contributed by atoms with Gasteiger partial charge in [0.15, 0.2) is 5.82 Å². The second-order valence-electron chi connectivity index (χ2n) is 3.67. The molecule has 0 fully saturated rings. The maximum Gasteiger partial charge on any atom is 0.176 e. The Hall–Kier alpha value is -0.540. The molecule has 0 aliphatic rings. The minimum atomic E-state index is -0.122. The van der Waals surface area contributed by atoms with Crippen LogP contribution in [0.25, 0.3) is 0 Å². The van der Waals surface area contributed by atoms with Crippen molar-refractivity contribution in [3.63, 3.8) is 0 Å². The fourth-order valence-electron chi connectivity index (χ4n) is 1.51. The molecule has 90 valence electrons. The Kier molecular flexibility index (Phi) is 4.10. The van der Waals surface area contributed by atoms with E-state index in [2.05, 4.69) is 53.9 Å². The number of aryl methyl sites for hydroxylation is 1. The zero-order valence-corrected chi connectivity index (χ0v) is 12.9. The molecule has 2 aromatic rings. The zero-order valence-electron chi connectivity index (χ0n) is 9.14. The summed E-state index contributed by atoms with van der Waals surface area (Å²) in [5.74, 6) is 0.663. The topological polar surface area (TPSA) is 69.6 Å². The van der Waals surface area contributed by atoms with Crippen LogP contribution in [0, 0.1) is 3.57 Å². The molecular formula is C10H11BrIN5. The van der Waals surface area contributed by atoms with E-state index in [0.717, 1.165) is 13.6 Å². The molecule has 1 atom stereocenters. The molecule has 2 rings (SSSR count). The minimum Gasteiger partial charge on any atom is -0.324 e. The van der Waals surface area contributed by atoms with Gasteiger partial charge in [-0.05, 0) is 51.6 Å². The van der Waals surface area contributed by atoms with E-state index in [-0.39, 0.29) is 6.04 Å². The zero-order chi connectivity index (χ0) is 12.4. The summed E-state index contributed by atoms with van der Waals surface area (Å²) < 4.78 is 2.16. The fraction of sp³-hybridized carbons (Fsp3) is 0.300. The first-order valence-electron chi connectivity index (χ1n) is 4.99. The van der Waals surface area contributed by atoms with E-state index in [1.165, 1.54) is 4.80 Å². The number of nitrogens with zero attached hydrogens (tertiary/aromatic N) is 4. The second-order valence-corrected chi connectivity index (χ2v) is 5.75. The summed E-state index contributed by atoms with van der Waals surface area (Å²) in [6.45, 7) is 0. The van der Waals surface area contributed by atoms with Gasteiger partial charge in [0.25, 0.3) is 0 Å². The maximum absolute atomic E-state index is 6.16. The minimum absolute atomic E-state index is 0.122. The monoisotopic (exact) mass is 407 g/mol. The van der Waals surface area contributed by atoms with Gasteiger partial charge in [0, 0.05) is 20.5 Å². The van der Waals surface area contributed by atoms with Crippen LogP contribution in [0.3, 0.4) is 0 Å². The number of tetrazole rings is 1. The molecule has 0 aliphatic carbocycles. The average molecular weight is 408 g/mol. The molecule has 0 amide bonds. The lowest BCUT2D eigenvalue weighted by Gasteiger charge is -2.12. The molecule has 7 heteroatoms. The number of rotatable bonds is 3. The van der Waals surface area contributed by atoms with Crippen molar-refractivity contribution < 1.29 is 0 Å². The number of nitrogens with two attached hydrogens (primary N) is 1. The molecule has 0 aliphatic heterocycles. The summed E-state index contributed by atoms with van der Waals surface area (Å²) >= 11 is 5.73. The summed E-state index contributed by atoms with van der Waals surface area (Å²) in [4.78, 5) is 1.44. The van der Waals surface area contributed by atoms with E-state index in [1.807, 2.05) is 18.2 Å². The summed E-state index contributed by atoms with van der Waals surface area (Å²) in [7, 11) is 1.74. The van der Waals surface area contributed by atoms with E-state index in [4.69, 9.17) is 5.73 Å². The molecular weight excluding hydrogens is 397 g/mol. The lowest BCUT2D eigenvalue weighted by molar-refractivity contribution is 0.622. The predicted octanol–water partition coefficient (Wildman–Crippen LogP) is 1.82. The van der Waals surface area contributed by atoms with Gasteiger partial charge in [0.1, 0.15) is 0 Å². The van der Waals surface area contributed by atoms with Gasteiger partial charge in [-0.2, -0.15) is 4.80 Å². The Morgan fingerprint density at radius 2 is 2.29 bits per heavy atom. The quantitative estimate of drug-likeness (QED) is 0.788. The van der Waals surface area contributed by atoms with Crippen LogP contribution < -0.4 is 5.73 Å². The highest BCUT2D eigenvalue weighted by molar-refractivity contribution is 14.1. The summed E-state index contributed by atoms with van der Waals surface area (Å²) in [5.41, 5.74) is 7.25. The summed E-state index contributed by atoms with van der Waals surface area (Å²) in [6, 6.07) is 5.94. The number of aromatic nitrogens is 4. The number of benzene rings is 1. The molecule has 0 radical (unpaired) electrons. The first-order valence-corrected chi connectivity index (χ1v) is 6.87. The third-order valence-corrected chi connectivity index (χ3v) is 3.79. The molecule has 17 heavy (non-hydrogen) atoms. The Labute approximate surface area is 121 Å². The van der Waals surface area contributed by atoms with Crippen LogP contribution in [0.15, 0.2) is 22.7 Å². The van der Waals surface area contributed by atoms with E-state index < -0.39 is 0 Å². The van der Waals surface area contributed by atoms with Crippen molar-refractivity contribution in [2.75, 3.05) is 0 Å². The van der Waals surface area contributed by atoms with Crippen molar-refractivity contribution in [2.24, 2.45) is 12.8 Å². The third-order valence-electron chi connectivity index (χ3n) is 2.31. The van der Waals surface area contributed by atoms with Crippen LogP contribution in [-0.2, 0) is 13.5 Å². The Morgan fingerprint density at radius 1 is 1.53 bits per heavy atom. The van der Waals surface area contributed by atoms with E-state index in [9.17, 15) is 0 Å². The summed E-state index contributed by atoms with van der Waals surface area (Å²) in [6.07, 6.45) is 0.584. The molecule has 2 N–H and O–H groups in total. The molecule has 1 unspecified atom stereocenters. The van der Waals surface area contributed by atoms with Crippen LogP contribution in [0.2, 0.25) is 0 Å². The van der Waals surface area contributed by atoms with Crippen LogP contribution in [0.1, 0.15) is 17.4 Å². The highest BCUT2D eigenvalue weighted by Crippen LogP contribution is 2.24. The number of hydrogen-bond acceptors (Lipinski definition) is 4. The highest BCUT2D eigenvalue weighted by atomic mass is 127. The van der Waals surface area contributed by atoms with Crippen LogP contribution in [0.5, 0.6) is 0 Å². The van der Waals surface area contributed by atoms with E-state index in [0.29, 0.717) is 12.2 Å². The molecule has 1 aromatic heterocycles. The smallest absolute Gasteiger partial charge is 0.176 e. The molecule has 5 nitrogen and oxygen atoms in total. The van der Waals surface area contributed by atoms with Crippen molar-refractivity contribution in [2.45, 2.75) is 12.5 Å². The molecule has 0 saturated heterocycles. The van der Waals surface area contributed by atoms with Gasteiger partial charge >= 0.3 is 0 Å². The van der Waals surface area contributed by atoms with Gasteiger partial charge in [-0.25, -0.2) is 0 Å². The van der Waals surface area contributed by atoms with Crippen molar-refractivity contribution in [3.05, 3.63) is 37.6 Å². The molecule has 1 heterocycles. The van der Waals surface area contributed by atoms with Gasteiger partial charge in [-0.1, -0.05) is 15.9 Å². The third kappa shape index (κ3) is 3.23. The molecule has 1 aromatic carbocycles. The molecule has 0 bridgehead atoms. The lowest BCUT2D eigenvalue weighted by atomic mass is 10.0. The average Bonchev–Trinajstić information content (AvgIpc) is 2.67. The Balaban J connectivity index is 2.19. The van der Waals surface area contributed by atoms with Gasteiger partial charge < -0.3 is 5.73 Å². The predicted molar refractivity (Wildman–Crippen MR) is 76.3 cm³/mol. The largest absolute Gasteiger partial charge is 0.324 e. The van der Waals surface area contributed by atoms with Gasteiger partial charge in [0.2, 0.25) is 0 Å².